The van der Waals surface area contributed by atoms with Crippen LogP contribution in [0.25, 0.3) is 0 Å². The SMILES string of the molecule is Cc1ccccc1C(=O)NC(C(=O)N(C)Cc1ccccc1F)C(C)C. The van der Waals surface area contributed by atoms with Crippen LogP contribution in [-0.2, 0) is 11.3 Å². The van der Waals surface area contributed by atoms with Crippen molar-refractivity contribution < 1.29 is 14.0 Å². The minimum atomic E-state index is -0.682. The molecule has 0 aliphatic rings. The van der Waals surface area contributed by atoms with E-state index in [0.717, 1.165) is 5.56 Å². The number of nitrogens with one attached hydrogen (secondary N) is 1. The van der Waals surface area contributed by atoms with Gasteiger partial charge in [-0.15, -0.1) is 0 Å². The Bertz CT molecular complexity index is 789. The van der Waals surface area contributed by atoms with Gasteiger partial charge in [0.2, 0.25) is 5.91 Å². The second-order valence-electron chi connectivity index (χ2n) is 6.80. The number of nitrogens with zero attached hydrogens (tertiary/aromatic N) is 1. The van der Waals surface area contributed by atoms with E-state index >= 15 is 0 Å². The first-order valence-corrected chi connectivity index (χ1v) is 8.66. The third-order valence-corrected chi connectivity index (χ3v) is 4.35. The first kappa shape index (κ1) is 19.6. The number of likely N-dealkylation sites (N-methyl/N-ethyl adjacent to an activating group) is 1. The Morgan fingerprint density at radius 2 is 1.69 bits per heavy atom. The minimum absolute atomic E-state index is 0.0986. The fourth-order valence-electron chi connectivity index (χ4n) is 2.76. The lowest BCUT2D eigenvalue weighted by atomic mass is 10.0. The van der Waals surface area contributed by atoms with E-state index in [1.54, 1.807) is 37.4 Å². The van der Waals surface area contributed by atoms with Crippen LogP contribution in [0.15, 0.2) is 48.5 Å². The Balaban J connectivity index is 2.13. The molecule has 2 amide bonds. The van der Waals surface area contributed by atoms with Crippen molar-refractivity contribution in [2.24, 2.45) is 5.92 Å². The number of benzene rings is 2. The second-order valence-corrected chi connectivity index (χ2v) is 6.80. The lowest BCUT2D eigenvalue weighted by Gasteiger charge is -2.27. The molecule has 2 rings (SSSR count). The van der Waals surface area contributed by atoms with Crippen LogP contribution in [0.3, 0.4) is 0 Å². The van der Waals surface area contributed by atoms with Crippen molar-refractivity contribution >= 4 is 11.8 Å². The fraction of sp³-hybridized carbons (Fsp3) is 0.333. The number of halogens is 1. The number of aryl methyl sites for hydroxylation is 1. The molecule has 26 heavy (non-hydrogen) atoms. The quantitative estimate of drug-likeness (QED) is 0.861. The largest absolute Gasteiger partial charge is 0.340 e. The number of carbonyl (C=O) groups excluding carboxylic acids is 2. The zero-order valence-electron chi connectivity index (χ0n) is 15.6. The second kappa shape index (κ2) is 8.61. The summed E-state index contributed by atoms with van der Waals surface area (Å²) in [6, 6.07) is 12.9. The van der Waals surface area contributed by atoms with Gasteiger partial charge in [0.05, 0.1) is 0 Å². The Morgan fingerprint density at radius 3 is 2.31 bits per heavy atom. The zero-order chi connectivity index (χ0) is 19.3. The molecule has 0 aliphatic carbocycles. The van der Waals surface area contributed by atoms with Crippen LogP contribution in [0.4, 0.5) is 4.39 Å². The monoisotopic (exact) mass is 356 g/mol. The highest BCUT2D eigenvalue weighted by Crippen LogP contribution is 2.14. The van der Waals surface area contributed by atoms with Crippen molar-refractivity contribution in [2.45, 2.75) is 33.4 Å². The Morgan fingerprint density at radius 1 is 1.08 bits per heavy atom. The standard InChI is InChI=1S/C21H25FN2O2/c1-14(2)19(23-20(25)17-11-7-5-9-15(17)3)21(26)24(4)13-16-10-6-8-12-18(16)22/h5-12,14,19H,13H2,1-4H3,(H,23,25). The molecule has 1 unspecified atom stereocenters. The number of hydrogen-bond acceptors (Lipinski definition) is 2. The van der Waals surface area contributed by atoms with Crippen molar-refractivity contribution in [3.8, 4) is 0 Å². The van der Waals surface area contributed by atoms with E-state index in [2.05, 4.69) is 5.32 Å². The summed E-state index contributed by atoms with van der Waals surface area (Å²) in [7, 11) is 1.62. The molecule has 138 valence electrons. The molecule has 2 aromatic carbocycles. The van der Waals surface area contributed by atoms with E-state index in [-0.39, 0.29) is 30.1 Å². The van der Waals surface area contributed by atoms with Crippen LogP contribution in [0.5, 0.6) is 0 Å². The van der Waals surface area contributed by atoms with Crippen LogP contribution in [0.2, 0.25) is 0 Å². The summed E-state index contributed by atoms with van der Waals surface area (Å²) in [5, 5.41) is 2.83. The molecule has 0 saturated heterocycles. The van der Waals surface area contributed by atoms with Gasteiger partial charge in [-0.1, -0.05) is 50.2 Å². The van der Waals surface area contributed by atoms with Crippen LogP contribution in [0.1, 0.15) is 35.3 Å². The summed E-state index contributed by atoms with van der Waals surface area (Å²) in [6.07, 6.45) is 0. The maximum Gasteiger partial charge on any atom is 0.252 e. The maximum atomic E-state index is 13.8. The predicted molar refractivity (Wildman–Crippen MR) is 100 cm³/mol. The van der Waals surface area contributed by atoms with Crippen molar-refractivity contribution in [3.05, 3.63) is 71.0 Å². The Kier molecular flexibility index (Phi) is 6.50. The summed E-state index contributed by atoms with van der Waals surface area (Å²) < 4.78 is 13.8. The molecule has 0 spiro atoms. The molecule has 0 radical (unpaired) electrons. The van der Waals surface area contributed by atoms with Gasteiger partial charge in [-0.05, 0) is 30.5 Å². The van der Waals surface area contributed by atoms with Gasteiger partial charge in [-0.25, -0.2) is 4.39 Å². The third-order valence-electron chi connectivity index (χ3n) is 4.35. The summed E-state index contributed by atoms with van der Waals surface area (Å²) >= 11 is 0. The topological polar surface area (TPSA) is 49.4 Å². The highest BCUT2D eigenvalue weighted by atomic mass is 19.1. The van der Waals surface area contributed by atoms with E-state index in [1.165, 1.54) is 11.0 Å². The average Bonchev–Trinajstić information content (AvgIpc) is 2.61. The number of rotatable bonds is 6. The molecule has 0 aliphatic heterocycles. The van der Waals surface area contributed by atoms with Gasteiger partial charge in [-0.3, -0.25) is 9.59 Å². The Labute approximate surface area is 154 Å². The van der Waals surface area contributed by atoms with Gasteiger partial charge in [0, 0.05) is 24.7 Å². The molecule has 1 N–H and O–H groups in total. The zero-order valence-corrected chi connectivity index (χ0v) is 15.6. The lowest BCUT2D eigenvalue weighted by Crippen LogP contribution is -2.50. The molecule has 1 atom stereocenters. The first-order valence-electron chi connectivity index (χ1n) is 8.66. The molecule has 0 aromatic heterocycles. The highest BCUT2D eigenvalue weighted by molar-refractivity contribution is 5.98. The molecular weight excluding hydrogens is 331 g/mol. The third kappa shape index (κ3) is 4.69. The fourth-order valence-corrected chi connectivity index (χ4v) is 2.76. The van der Waals surface area contributed by atoms with E-state index in [9.17, 15) is 14.0 Å². The summed E-state index contributed by atoms with van der Waals surface area (Å²) in [5.41, 5.74) is 1.83. The van der Waals surface area contributed by atoms with Gasteiger partial charge in [0.25, 0.3) is 5.91 Å². The first-order chi connectivity index (χ1) is 12.3. The van der Waals surface area contributed by atoms with Gasteiger partial charge < -0.3 is 10.2 Å². The normalized spacial score (nSPS) is 11.9. The highest BCUT2D eigenvalue weighted by Gasteiger charge is 2.28. The van der Waals surface area contributed by atoms with E-state index in [0.29, 0.717) is 11.1 Å². The molecule has 0 saturated carbocycles. The van der Waals surface area contributed by atoms with Crippen LogP contribution in [-0.4, -0.2) is 29.8 Å². The molecule has 0 bridgehead atoms. The van der Waals surface area contributed by atoms with Crippen LogP contribution >= 0.6 is 0 Å². The molecular formula is C21H25FN2O2. The van der Waals surface area contributed by atoms with Gasteiger partial charge >= 0.3 is 0 Å². The maximum absolute atomic E-state index is 13.8. The number of amides is 2. The van der Waals surface area contributed by atoms with E-state index < -0.39 is 6.04 Å². The minimum Gasteiger partial charge on any atom is -0.340 e. The van der Waals surface area contributed by atoms with Gasteiger partial charge in [0.1, 0.15) is 11.9 Å². The molecule has 0 fully saturated rings. The summed E-state index contributed by atoms with van der Waals surface area (Å²) in [4.78, 5) is 26.9. The van der Waals surface area contributed by atoms with Crippen molar-refractivity contribution in [2.75, 3.05) is 7.05 Å². The van der Waals surface area contributed by atoms with Crippen molar-refractivity contribution in [3.63, 3.8) is 0 Å². The van der Waals surface area contributed by atoms with E-state index in [4.69, 9.17) is 0 Å². The predicted octanol–water partition coefficient (Wildman–Crippen LogP) is 3.55. The summed E-state index contributed by atoms with van der Waals surface area (Å²) in [6.45, 7) is 5.75. The molecule has 0 heterocycles. The van der Waals surface area contributed by atoms with Crippen LogP contribution < -0.4 is 5.32 Å². The van der Waals surface area contributed by atoms with Crippen LogP contribution in [0, 0.1) is 18.7 Å². The number of carbonyl (C=O) groups is 2. The molecule has 2 aromatic rings. The van der Waals surface area contributed by atoms with E-state index in [1.807, 2.05) is 32.9 Å². The molecule has 4 nitrogen and oxygen atoms in total. The van der Waals surface area contributed by atoms with Gasteiger partial charge in [-0.2, -0.15) is 0 Å². The van der Waals surface area contributed by atoms with Crippen molar-refractivity contribution in [1.29, 1.82) is 0 Å². The van der Waals surface area contributed by atoms with Crippen molar-refractivity contribution in [1.82, 2.24) is 10.2 Å². The smallest absolute Gasteiger partial charge is 0.252 e. The summed E-state index contributed by atoms with van der Waals surface area (Å²) in [5.74, 6) is -0.977. The lowest BCUT2D eigenvalue weighted by molar-refractivity contribution is -0.133. The number of hydrogen-bond donors (Lipinski definition) is 1. The average molecular weight is 356 g/mol. The molecule has 5 heteroatoms. The van der Waals surface area contributed by atoms with Gasteiger partial charge in [0.15, 0.2) is 0 Å². The Hall–Kier alpha value is -2.69.